The van der Waals surface area contributed by atoms with Crippen LogP contribution in [0.1, 0.15) is 25.2 Å². The predicted octanol–water partition coefficient (Wildman–Crippen LogP) is 1.73. The average Bonchev–Trinajstić information content (AvgIpc) is 2.84. The van der Waals surface area contributed by atoms with Crippen molar-refractivity contribution < 1.29 is 4.92 Å². The van der Waals surface area contributed by atoms with Crippen molar-refractivity contribution in [3.8, 4) is 0 Å². The van der Waals surface area contributed by atoms with Gasteiger partial charge in [-0.3, -0.25) is 10.1 Å². The lowest BCUT2D eigenvalue weighted by molar-refractivity contribution is -0.384. The number of hydrogen-bond donors (Lipinski definition) is 1. The highest BCUT2D eigenvalue weighted by Crippen LogP contribution is 2.14. The summed E-state index contributed by atoms with van der Waals surface area (Å²) in [5.41, 5.74) is 0.917. The van der Waals surface area contributed by atoms with Crippen LogP contribution in [0, 0.1) is 10.1 Å². The van der Waals surface area contributed by atoms with Crippen LogP contribution in [0.5, 0.6) is 0 Å². The van der Waals surface area contributed by atoms with E-state index in [1.165, 1.54) is 12.4 Å². The highest BCUT2D eigenvalue weighted by molar-refractivity contribution is 5.34. The van der Waals surface area contributed by atoms with Gasteiger partial charge < -0.3 is 5.32 Å². The molecule has 1 aromatic heterocycles. The minimum atomic E-state index is -0.397. The van der Waals surface area contributed by atoms with Crippen molar-refractivity contribution in [3.05, 3.63) is 52.1 Å². The largest absolute Gasteiger partial charge is 0.308 e. The monoisotopic (exact) mass is 275 g/mol. The lowest BCUT2D eigenvalue weighted by atomic mass is 10.2. The first-order chi connectivity index (χ1) is 9.56. The summed E-state index contributed by atoms with van der Waals surface area (Å²) in [7, 11) is 0. The summed E-state index contributed by atoms with van der Waals surface area (Å²) >= 11 is 0. The molecule has 0 fully saturated rings. The molecule has 1 heterocycles. The molecular weight excluding hydrogens is 258 g/mol. The molecule has 20 heavy (non-hydrogen) atoms. The summed E-state index contributed by atoms with van der Waals surface area (Å²) in [5, 5.41) is 18.2. The van der Waals surface area contributed by atoms with Gasteiger partial charge in [0.2, 0.25) is 0 Å². The summed E-state index contributed by atoms with van der Waals surface area (Å²) in [6.45, 7) is 5.20. The molecule has 0 saturated carbocycles. The number of nitrogens with zero attached hydrogens (tertiary/aromatic N) is 4. The van der Waals surface area contributed by atoms with Gasteiger partial charge in [0.1, 0.15) is 12.2 Å². The minimum Gasteiger partial charge on any atom is -0.308 e. The molecule has 0 aliphatic carbocycles. The quantitative estimate of drug-likeness (QED) is 0.641. The van der Waals surface area contributed by atoms with Gasteiger partial charge in [-0.1, -0.05) is 26.0 Å². The predicted molar refractivity (Wildman–Crippen MR) is 74.2 cm³/mol. The Bertz CT molecular complexity index is 594. The number of nitrogens with one attached hydrogen (secondary N) is 1. The summed E-state index contributed by atoms with van der Waals surface area (Å²) in [4.78, 5) is 14.6. The van der Waals surface area contributed by atoms with Gasteiger partial charge in [-0.05, 0) is 5.56 Å². The van der Waals surface area contributed by atoms with Crippen LogP contribution in [0.4, 0.5) is 5.69 Å². The van der Waals surface area contributed by atoms with Gasteiger partial charge in [0.25, 0.3) is 5.69 Å². The zero-order valence-corrected chi connectivity index (χ0v) is 11.5. The third-order valence-electron chi connectivity index (χ3n) is 2.82. The summed E-state index contributed by atoms with van der Waals surface area (Å²) in [6.07, 6.45) is 1.49. The Hall–Kier alpha value is -2.28. The Kier molecular flexibility index (Phi) is 4.41. The maximum Gasteiger partial charge on any atom is 0.269 e. The first-order valence-corrected chi connectivity index (χ1v) is 6.39. The van der Waals surface area contributed by atoms with Gasteiger partial charge >= 0.3 is 0 Å². The molecule has 106 valence electrons. The van der Waals surface area contributed by atoms with Crippen LogP contribution in [0.3, 0.4) is 0 Å². The Balaban J connectivity index is 2.12. The van der Waals surface area contributed by atoms with Crippen molar-refractivity contribution in [3.63, 3.8) is 0 Å². The Morgan fingerprint density at radius 2 is 2.25 bits per heavy atom. The van der Waals surface area contributed by atoms with Crippen molar-refractivity contribution in [1.29, 1.82) is 0 Å². The lowest BCUT2D eigenvalue weighted by Gasteiger charge is -2.09. The molecule has 2 aromatic rings. The molecule has 0 unspecified atom stereocenters. The molecule has 0 aliphatic heterocycles. The first kappa shape index (κ1) is 14.1. The molecule has 0 radical (unpaired) electrons. The van der Waals surface area contributed by atoms with E-state index in [4.69, 9.17) is 0 Å². The fraction of sp³-hybridized carbons (Fsp3) is 0.385. The highest BCUT2D eigenvalue weighted by Gasteiger charge is 2.09. The van der Waals surface area contributed by atoms with E-state index in [2.05, 4.69) is 29.2 Å². The van der Waals surface area contributed by atoms with Crippen molar-refractivity contribution >= 4 is 5.69 Å². The summed E-state index contributed by atoms with van der Waals surface area (Å²) in [5.74, 6) is 0.810. The van der Waals surface area contributed by atoms with E-state index in [-0.39, 0.29) is 5.69 Å². The van der Waals surface area contributed by atoms with Gasteiger partial charge in [0.05, 0.1) is 18.0 Å². The molecule has 2 rings (SSSR count). The van der Waals surface area contributed by atoms with Crippen molar-refractivity contribution in [1.82, 2.24) is 20.1 Å². The second-order valence-corrected chi connectivity index (χ2v) is 4.80. The number of nitro groups is 1. The van der Waals surface area contributed by atoms with E-state index < -0.39 is 4.92 Å². The van der Waals surface area contributed by atoms with Crippen LogP contribution in [-0.4, -0.2) is 25.7 Å². The first-order valence-electron chi connectivity index (χ1n) is 6.39. The summed E-state index contributed by atoms with van der Waals surface area (Å²) in [6, 6.07) is 6.91. The van der Waals surface area contributed by atoms with E-state index in [0.29, 0.717) is 19.1 Å². The SMILES string of the molecule is CC(C)NCc1ncnn1Cc1cccc([N+](=O)[O-])c1. The fourth-order valence-corrected chi connectivity index (χ4v) is 1.79. The molecule has 0 atom stereocenters. The topological polar surface area (TPSA) is 85.9 Å². The second-order valence-electron chi connectivity index (χ2n) is 4.80. The number of non-ortho nitro benzene ring substituents is 1. The van der Waals surface area contributed by atoms with E-state index in [9.17, 15) is 10.1 Å². The van der Waals surface area contributed by atoms with Crippen LogP contribution in [-0.2, 0) is 13.1 Å². The maximum atomic E-state index is 10.8. The van der Waals surface area contributed by atoms with Crippen LogP contribution < -0.4 is 5.32 Å². The van der Waals surface area contributed by atoms with Crippen LogP contribution in [0.2, 0.25) is 0 Å². The standard InChI is InChI=1S/C13H17N5O2/c1-10(2)14-7-13-15-9-16-17(13)8-11-4-3-5-12(6-11)18(19)20/h3-6,9-10,14H,7-8H2,1-2H3. The fourth-order valence-electron chi connectivity index (χ4n) is 1.79. The molecule has 0 spiro atoms. The molecule has 1 aromatic carbocycles. The number of aromatic nitrogens is 3. The van der Waals surface area contributed by atoms with Gasteiger partial charge in [0, 0.05) is 18.2 Å². The lowest BCUT2D eigenvalue weighted by Crippen LogP contribution is -2.24. The zero-order valence-electron chi connectivity index (χ0n) is 11.5. The van der Waals surface area contributed by atoms with E-state index in [1.54, 1.807) is 16.8 Å². The average molecular weight is 275 g/mol. The molecule has 7 heteroatoms. The van der Waals surface area contributed by atoms with Gasteiger partial charge in [-0.2, -0.15) is 5.10 Å². The zero-order chi connectivity index (χ0) is 14.5. The van der Waals surface area contributed by atoms with Crippen LogP contribution in [0.15, 0.2) is 30.6 Å². The van der Waals surface area contributed by atoms with Gasteiger partial charge in [-0.15, -0.1) is 0 Å². The second kappa shape index (κ2) is 6.25. The minimum absolute atomic E-state index is 0.0875. The molecule has 0 saturated heterocycles. The molecule has 0 aliphatic rings. The van der Waals surface area contributed by atoms with E-state index in [1.807, 2.05) is 6.07 Å². The van der Waals surface area contributed by atoms with Gasteiger partial charge in [-0.25, -0.2) is 9.67 Å². The van der Waals surface area contributed by atoms with Crippen molar-refractivity contribution in [2.45, 2.75) is 33.0 Å². The van der Waals surface area contributed by atoms with Crippen LogP contribution >= 0.6 is 0 Å². The number of rotatable bonds is 6. The number of nitro benzene ring substituents is 1. The maximum absolute atomic E-state index is 10.8. The Morgan fingerprint density at radius 1 is 1.45 bits per heavy atom. The number of benzene rings is 1. The third kappa shape index (κ3) is 3.61. The highest BCUT2D eigenvalue weighted by atomic mass is 16.6. The molecule has 0 bridgehead atoms. The van der Waals surface area contributed by atoms with E-state index in [0.717, 1.165) is 11.4 Å². The van der Waals surface area contributed by atoms with E-state index >= 15 is 0 Å². The number of hydrogen-bond acceptors (Lipinski definition) is 5. The molecule has 1 N–H and O–H groups in total. The molecule has 0 amide bonds. The van der Waals surface area contributed by atoms with Crippen molar-refractivity contribution in [2.24, 2.45) is 0 Å². The summed E-state index contributed by atoms with van der Waals surface area (Å²) < 4.78 is 1.74. The smallest absolute Gasteiger partial charge is 0.269 e. The van der Waals surface area contributed by atoms with Gasteiger partial charge in [0.15, 0.2) is 0 Å². The molecule has 7 nitrogen and oxygen atoms in total. The molecular formula is C13H17N5O2. The van der Waals surface area contributed by atoms with Crippen LogP contribution in [0.25, 0.3) is 0 Å². The Morgan fingerprint density at radius 3 is 2.95 bits per heavy atom. The van der Waals surface area contributed by atoms with Crippen molar-refractivity contribution in [2.75, 3.05) is 0 Å². The normalized spacial score (nSPS) is 10.9. The Labute approximate surface area is 116 Å². The third-order valence-corrected chi connectivity index (χ3v) is 2.82.